The van der Waals surface area contributed by atoms with E-state index in [2.05, 4.69) is 41.2 Å². The molecule has 0 aromatic heterocycles. The van der Waals surface area contributed by atoms with E-state index in [4.69, 9.17) is 4.74 Å². The summed E-state index contributed by atoms with van der Waals surface area (Å²) in [6.07, 6.45) is 5.52. The number of aliphatic hydroxyl groups excluding tert-OH is 2. The molecule has 2 N–H and O–H groups in total. The lowest BCUT2D eigenvalue weighted by atomic mass is 9.43. The van der Waals surface area contributed by atoms with Crippen LogP contribution in [0.2, 0.25) is 0 Å². The first-order chi connectivity index (χ1) is 10.5. The summed E-state index contributed by atoms with van der Waals surface area (Å²) in [6.45, 7) is 14.9. The second-order valence-electron chi connectivity index (χ2n) is 9.66. The van der Waals surface area contributed by atoms with Gasteiger partial charge in [-0.1, -0.05) is 26.8 Å². The lowest BCUT2D eigenvalue weighted by Crippen LogP contribution is -2.66. The van der Waals surface area contributed by atoms with Crippen LogP contribution >= 0.6 is 0 Å². The van der Waals surface area contributed by atoms with Crippen LogP contribution in [-0.2, 0) is 4.74 Å². The minimum atomic E-state index is -0.638. The molecular weight excluding hydrogens is 288 g/mol. The van der Waals surface area contributed by atoms with Crippen LogP contribution in [0, 0.1) is 22.7 Å². The number of ether oxygens (including phenoxy) is 1. The fourth-order valence-corrected chi connectivity index (χ4v) is 6.56. The van der Waals surface area contributed by atoms with Gasteiger partial charge in [0.2, 0.25) is 0 Å². The summed E-state index contributed by atoms with van der Waals surface area (Å²) in [5, 5.41) is 21.1. The molecule has 0 aromatic rings. The minimum absolute atomic E-state index is 0.0116. The molecule has 1 aliphatic heterocycles. The Balaban J connectivity index is 1.98. The molecular formula is C20H34O3. The summed E-state index contributed by atoms with van der Waals surface area (Å²) in [5.41, 5.74) is -0.647. The second kappa shape index (κ2) is 5.06. The molecule has 7 atom stereocenters. The maximum Gasteiger partial charge on any atom is 0.0852 e. The molecule has 1 saturated heterocycles. The molecule has 2 saturated carbocycles. The molecule has 23 heavy (non-hydrogen) atoms. The van der Waals surface area contributed by atoms with Crippen LogP contribution in [0.5, 0.6) is 0 Å². The Morgan fingerprint density at radius 2 is 1.61 bits per heavy atom. The van der Waals surface area contributed by atoms with E-state index < -0.39 is 12.2 Å². The summed E-state index contributed by atoms with van der Waals surface area (Å²) in [4.78, 5) is 0. The molecule has 1 heterocycles. The van der Waals surface area contributed by atoms with Crippen LogP contribution in [0.15, 0.2) is 12.7 Å². The van der Waals surface area contributed by atoms with E-state index in [-0.39, 0.29) is 22.0 Å². The van der Waals surface area contributed by atoms with E-state index >= 15 is 0 Å². The highest BCUT2D eigenvalue weighted by Crippen LogP contribution is 2.65. The van der Waals surface area contributed by atoms with Crippen LogP contribution in [0.1, 0.15) is 66.7 Å². The lowest BCUT2D eigenvalue weighted by Gasteiger charge is -2.66. The number of aliphatic hydroxyl groups is 2. The van der Waals surface area contributed by atoms with Crippen molar-refractivity contribution in [3.63, 3.8) is 0 Å². The van der Waals surface area contributed by atoms with Gasteiger partial charge in [0.15, 0.2) is 0 Å². The maximum atomic E-state index is 10.5. The van der Waals surface area contributed by atoms with Crippen molar-refractivity contribution in [2.24, 2.45) is 22.7 Å². The molecule has 3 aliphatic rings. The normalized spacial score (nSPS) is 55.6. The van der Waals surface area contributed by atoms with Crippen molar-refractivity contribution in [3.8, 4) is 0 Å². The zero-order valence-corrected chi connectivity index (χ0v) is 15.4. The molecule has 2 aliphatic carbocycles. The smallest absolute Gasteiger partial charge is 0.0852 e. The minimum Gasteiger partial charge on any atom is -0.390 e. The van der Waals surface area contributed by atoms with Gasteiger partial charge in [-0.3, -0.25) is 0 Å². The number of hydrogen-bond donors (Lipinski definition) is 2. The SMILES string of the molecule is C=C[C@@]1(C)CC[C@@H]2[C@@]3(C)C[C@H](O)[C@H](O)C(C)(C)[C@@H]3CC[C@@]2(C)O1. The van der Waals surface area contributed by atoms with Gasteiger partial charge in [-0.05, 0) is 68.6 Å². The summed E-state index contributed by atoms with van der Waals surface area (Å²) in [7, 11) is 0. The first kappa shape index (κ1) is 17.4. The van der Waals surface area contributed by atoms with Crippen LogP contribution in [0.4, 0.5) is 0 Å². The van der Waals surface area contributed by atoms with E-state index in [9.17, 15) is 10.2 Å². The number of hydrogen-bond acceptors (Lipinski definition) is 3. The fraction of sp³-hybridized carbons (Fsp3) is 0.900. The molecule has 0 spiro atoms. The van der Waals surface area contributed by atoms with E-state index in [1.54, 1.807) is 0 Å². The first-order valence-electron chi connectivity index (χ1n) is 9.18. The van der Waals surface area contributed by atoms with Gasteiger partial charge >= 0.3 is 0 Å². The van der Waals surface area contributed by atoms with Crippen molar-refractivity contribution >= 4 is 0 Å². The third-order valence-corrected chi connectivity index (χ3v) is 7.76. The Hall–Kier alpha value is -0.380. The van der Waals surface area contributed by atoms with E-state index in [1.807, 2.05) is 6.08 Å². The molecule has 0 amide bonds. The predicted molar refractivity (Wildman–Crippen MR) is 92.1 cm³/mol. The van der Waals surface area contributed by atoms with Gasteiger partial charge in [0.25, 0.3) is 0 Å². The van der Waals surface area contributed by atoms with Crippen molar-refractivity contribution in [1.29, 1.82) is 0 Å². The van der Waals surface area contributed by atoms with Crippen LogP contribution < -0.4 is 0 Å². The van der Waals surface area contributed by atoms with Crippen LogP contribution in [0.3, 0.4) is 0 Å². The highest BCUT2D eigenvalue weighted by molar-refractivity contribution is 5.15. The summed E-state index contributed by atoms with van der Waals surface area (Å²) in [5.74, 6) is 0.839. The summed E-state index contributed by atoms with van der Waals surface area (Å²) in [6, 6.07) is 0. The molecule has 3 nitrogen and oxygen atoms in total. The first-order valence-corrected chi connectivity index (χ1v) is 9.18. The Morgan fingerprint density at radius 1 is 1.00 bits per heavy atom. The molecule has 0 bridgehead atoms. The van der Waals surface area contributed by atoms with Gasteiger partial charge in [-0.15, -0.1) is 6.58 Å². The van der Waals surface area contributed by atoms with Gasteiger partial charge in [0, 0.05) is 0 Å². The standard InChI is InChI=1S/C20H34O3/c1-7-18(4)10-8-15-19(5)12-13(21)16(22)17(2,3)14(19)9-11-20(15,6)23-18/h7,13-16,21-22H,1,8-12H2,2-6H3/t13-,14-,15+,16-,18-,19-,20+/m0/s1. The second-order valence-corrected chi connectivity index (χ2v) is 9.66. The largest absolute Gasteiger partial charge is 0.390 e. The Kier molecular flexibility index (Phi) is 3.84. The fourth-order valence-electron chi connectivity index (χ4n) is 6.56. The Labute approximate surface area is 141 Å². The Morgan fingerprint density at radius 3 is 2.22 bits per heavy atom. The zero-order chi connectivity index (χ0) is 17.3. The van der Waals surface area contributed by atoms with Crippen molar-refractivity contribution < 1.29 is 14.9 Å². The zero-order valence-electron chi connectivity index (χ0n) is 15.4. The highest BCUT2D eigenvalue weighted by Gasteiger charge is 2.64. The molecule has 3 heteroatoms. The van der Waals surface area contributed by atoms with E-state index in [0.717, 1.165) is 25.7 Å². The average molecular weight is 322 g/mol. The number of rotatable bonds is 1. The van der Waals surface area contributed by atoms with Crippen molar-refractivity contribution in [3.05, 3.63) is 12.7 Å². The third-order valence-electron chi connectivity index (χ3n) is 7.76. The van der Waals surface area contributed by atoms with Crippen LogP contribution in [-0.4, -0.2) is 33.6 Å². The molecule has 0 unspecified atom stereocenters. The van der Waals surface area contributed by atoms with Gasteiger partial charge in [0.1, 0.15) is 0 Å². The molecule has 3 fully saturated rings. The van der Waals surface area contributed by atoms with Gasteiger partial charge < -0.3 is 14.9 Å². The van der Waals surface area contributed by atoms with Gasteiger partial charge in [-0.25, -0.2) is 0 Å². The van der Waals surface area contributed by atoms with Gasteiger partial charge in [0.05, 0.1) is 23.4 Å². The summed E-state index contributed by atoms with van der Waals surface area (Å²) < 4.78 is 6.60. The lowest BCUT2D eigenvalue weighted by molar-refractivity contribution is -0.275. The quantitative estimate of drug-likeness (QED) is 0.724. The van der Waals surface area contributed by atoms with Crippen molar-refractivity contribution in [2.75, 3.05) is 0 Å². The molecule has 0 radical (unpaired) electrons. The highest BCUT2D eigenvalue weighted by atomic mass is 16.5. The third kappa shape index (κ3) is 2.34. The molecule has 3 rings (SSSR count). The van der Waals surface area contributed by atoms with Crippen LogP contribution in [0.25, 0.3) is 0 Å². The predicted octanol–water partition coefficient (Wildman–Crippen LogP) is 3.68. The topological polar surface area (TPSA) is 49.7 Å². The van der Waals surface area contributed by atoms with Crippen molar-refractivity contribution in [2.45, 2.75) is 90.1 Å². The van der Waals surface area contributed by atoms with E-state index in [1.165, 1.54) is 0 Å². The maximum absolute atomic E-state index is 10.5. The van der Waals surface area contributed by atoms with Gasteiger partial charge in [-0.2, -0.15) is 0 Å². The molecule has 0 aromatic carbocycles. The summed E-state index contributed by atoms with van der Waals surface area (Å²) >= 11 is 0. The van der Waals surface area contributed by atoms with Crippen molar-refractivity contribution in [1.82, 2.24) is 0 Å². The monoisotopic (exact) mass is 322 g/mol. The molecule has 132 valence electrons. The number of fused-ring (bicyclic) bond motifs is 3. The Bertz CT molecular complexity index is 501. The average Bonchev–Trinajstić information content (AvgIpc) is 2.43. The van der Waals surface area contributed by atoms with E-state index in [0.29, 0.717) is 18.3 Å².